The summed E-state index contributed by atoms with van der Waals surface area (Å²) in [5.41, 5.74) is 4.93. The molecule has 2 aliphatic rings. The predicted molar refractivity (Wildman–Crippen MR) is 74.3 cm³/mol. The summed E-state index contributed by atoms with van der Waals surface area (Å²) >= 11 is 0. The van der Waals surface area contributed by atoms with E-state index in [0.717, 1.165) is 23.4 Å². The SMILES string of the molecule is N#Cc1cnn2c3c(nnc12)C1=CC=CC=C(C=C3)C1. The van der Waals surface area contributed by atoms with Gasteiger partial charge in [0.1, 0.15) is 17.3 Å². The number of allylic oxidation sites excluding steroid dienone is 7. The van der Waals surface area contributed by atoms with Gasteiger partial charge in [-0.1, -0.05) is 30.4 Å². The molecule has 2 aliphatic carbocycles. The molecule has 2 aromatic rings. The van der Waals surface area contributed by atoms with Gasteiger partial charge in [0.05, 0.1) is 11.9 Å². The van der Waals surface area contributed by atoms with Gasteiger partial charge in [0.2, 0.25) is 0 Å². The van der Waals surface area contributed by atoms with E-state index < -0.39 is 0 Å². The van der Waals surface area contributed by atoms with Crippen molar-refractivity contribution in [3.05, 3.63) is 59.1 Å². The fourth-order valence-corrected chi connectivity index (χ4v) is 2.47. The van der Waals surface area contributed by atoms with E-state index in [1.807, 2.05) is 24.3 Å². The van der Waals surface area contributed by atoms with Crippen molar-refractivity contribution in [2.45, 2.75) is 6.42 Å². The zero-order chi connectivity index (χ0) is 13.5. The molecule has 5 nitrogen and oxygen atoms in total. The minimum absolute atomic E-state index is 0.436. The minimum Gasteiger partial charge on any atom is -0.210 e. The first kappa shape index (κ1) is 10.9. The topological polar surface area (TPSA) is 66.9 Å². The molecular weight excluding hydrogens is 250 g/mol. The van der Waals surface area contributed by atoms with Crippen molar-refractivity contribution in [3.63, 3.8) is 0 Å². The summed E-state index contributed by atoms with van der Waals surface area (Å²) < 4.78 is 1.68. The van der Waals surface area contributed by atoms with Crippen LogP contribution in [0.5, 0.6) is 0 Å². The molecule has 2 bridgehead atoms. The average molecular weight is 259 g/mol. The molecule has 0 fully saturated rings. The second-order valence-electron chi connectivity index (χ2n) is 4.67. The van der Waals surface area contributed by atoms with Crippen LogP contribution in [0.2, 0.25) is 0 Å². The van der Waals surface area contributed by atoms with Gasteiger partial charge < -0.3 is 0 Å². The fraction of sp³-hybridized carbons (Fsp3) is 0.0667. The largest absolute Gasteiger partial charge is 0.210 e. The van der Waals surface area contributed by atoms with Crippen LogP contribution in [-0.4, -0.2) is 19.8 Å². The number of nitriles is 1. The zero-order valence-corrected chi connectivity index (χ0v) is 10.5. The highest BCUT2D eigenvalue weighted by molar-refractivity contribution is 5.78. The molecule has 0 aliphatic heterocycles. The molecule has 0 atom stereocenters. The summed E-state index contributed by atoms with van der Waals surface area (Å²) in [6.07, 6.45) is 14.5. The number of hydrogen-bond acceptors (Lipinski definition) is 4. The standard InChI is InChI=1S/C15H9N5/c16-8-12-9-17-20-13-6-5-10-3-1-2-4-11(7-10)14(13)18-19-15(12)20/h1-6,9H,7H2. The summed E-state index contributed by atoms with van der Waals surface area (Å²) in [6, 6.07) is 2.08. The van der Waals surface area contributed by atoms with Crippen LogP contribution in [-0.2, 0) is 0 Å². The summed E-state index contributed by atoms with van der Waals surface area (Å²) in [6.45, 7) is 0. The summed E-state index contributed by atoms with van der Waals surface area (Å²) in [5, 5.41) is 21.8. The molecule has 0 aromatic carbocycles. The lowest BCUT2D eigenvalue weighted by Gasteiger charge is -2.07. The Kier molecular flexibility index (Phi) is 2.18. The maximum absolute atomic E-state index is 9.05. The van der Waals surface area contributed by atoms with E-state index in [-0.39, 0.29) is 0 Å². The van der Waals surface area contributed by atoms with E-state index in [1.54, 1.807) is 4.52 Å². The van der Waals surface area contributed by atoms with Crippen LogP contribution >= 0.6 is 0 Å². The van der Waals surface area contributed by atoms with Crippen LogP contribution in [0.15, 0.2) is 42.2 Å². The molecule has 4 rings (SSSR count). The van der Waals surface area contributed by atoms with Gasteiger partial charge in [0.25, 0.3) is 0 Å². The molecule has 2 heterocycles. The first-order valence-electron chi connectivity index (χ1n) is 6.26. The van der Waals surface area contributed by atoms with Gasteiger partial charge in [-0.3, -0.25) is 0 Å². The molecular formula is C15H9N5. The molecule has 0 radical (unpaired) electrons. The maximum Gasteiger partial charge on any atom is 0.195 e. The molecule has 20 heavy (non-hydrogen) atoms. The summed E-state index contributed by atoms with van der Waals surface area (Å²) in [7, 11) is 0. The average Bonchev–Trinajstić information content (AvgIpc) is 2.66. The normalized spacial score (nSPS) is 15.9. The van der Waals surface area contributed by atoms with Gasteiger partial charge in [-0.2, -0.15) is 10.4 Å². The third kappa shape index (κ3) is 1.45. The second-order valence-corrected chi connectivity index (χ2v) is 4.67. The Bertz CT molecular complexity index is 887. The minimum atomic E-state index is 0.436. The first-order valence-corrected chi connectivity index (χ1v) is 6.26. The fourth-order valence-electron chi connectivity index (χ4n) is 2.47. The van der Waals surface area contributed by atoms with Crippen LogP contribution in [0.1, 0.15) is 23.4 Å². The third-order valence-corrected chi connectivity index (χ3v) is 3.45. The van der Waals surface area contributed by atoms with Crippen molar-refractivity contribution < 1.29 is 0 Å². The highest BCUT2D eigenvalue weighted by Gasteiger charge is 2.19. The lowest BCUT2D eigenvalue weighted by Crippen LogP contribution is -2.04. The molecule has 0 saturated carbocycles. The van der Waals surface area contributed by atoms with E-state index in [9.17, 15) is 0 Å². The van der Waals surface area contributed by atoms with Gasteiger partial charge in [-0.15, -0.1) is 10.2 Å². The summed E-state index contributed by atoms with van der Waals surface area (Å²) in [5.74, 6) is 0. The lowest BCUT2D eigenvalue weighted by atomic mass is 10.1. The maximum atomic E-state index is 9.05. The second kappa shape index (κ2) is 4.00. The van der Waals surface area contributed by atoms with Crippen molar-refractivity contribution >= 4 is 17.3 Å². The number of hydrogen-bond donors (Lipinski definition) is 0. The van der Waals surface area contributed by atoms with E-state index in [4.69, 9.17) is 5.26 Å². The quantitative estimate of drug-likeness (QED) is 0.728. The first-order chi connectivity index (χ1) is 9.86. The van der Waals surface area contributed by atoms with Crippen molar-refractivity contribution in [1.29, 1.82) is 5.26 Å². The molecule has 0 unspecified atom stereocenters. The van der Waals surface area contributed by atoms with Crippen molar-refractivity contribution in [1.82, 2.24) is 19.8 Å². The molecule has 0 saturated heterocycles. The molecule has 0 N–H and O–H groups in total. The zero-order valence-electron chi connectivity index (χ0n) is 10.5. The smallest absolute Gasteiger partial charge is 0.195 e. The van der Waals surface area contributed by atoms with E-state index in [0.29, 0.717) is 11.2 Å². The molecule has 5 heteroatoms. The highest BCUT2D eigenvalue weighted by atomic mass is 15.3. The number of fused-ring (bicyclic) bond motifs is 6. The molecule has 0 spiro atoms. The van der Waals surface area contributed by atoms with Crippen molar-refractivity contribution in [2.24, 2.45) is 0 Å². The van der Waals surface area contributed by atoms with Crippen molar-refractivity contribution in [3.8, 4) is 6.07 Å². The lowest BCUT2D eigenvalue weighted by molar-refractivity contribution is 0.866. The predicted octanol–water partition coefficient (Wildman–Crippen LogP) is 2.29. The Hall–Kier alpha value is -3.00. The molecule has 0 amide bonds. The summed E-state index contributed by atoms with van der Waals surface area (Å²) in [4.78, 5) is 0. The molecule has 2 aromatic heterocycles. The highest BCUT2D eigenvalue weighted by Crippen LogP contribution is 2.30. The number of rotatable bonds is 0. The Balaban J connectivity index is 2.08. The Morgan fingerprint density at radius 1 is 1.15 bits per heavy atom. The van der Waals surface area contributed by atoms with Gasteiger partial charge in [0, 0.05) is 0 Å². The monoisotopic (exact) mass is 259 g/mol. The van der Waals surface area contributed by atoms with Crippen LogP contribution in [0.25, 0.3) is 17.3 Å². The third-order valence-electron chi connectivity index (χ3n) is 3.45. The van der Waals surface area contributed by atoms with Gasteiger partial charge >= 0.3 is 0 Å². The van der Waals surface area contributed by atoms with Crippen LogP contribution < -0.4 is 0 Å². The molecule has 94 valence electrons. The van der Waals surface area contributed by atoms with E-state index in [2.05, 4.69) is 33.5 Å². The van der Waals surface area contributed by atoms with Gasteiger partial charge in [-0.05, 0) is 23.6 Å². The van der Waals surface area contributed by atoms with Crippen LogP contribution in [0.3, 0.4) is 0 Å². The van der Waals surface area contributed by atoms with E-state index >= 15 is 0 Å². The van der Waals surface area contributed by atoms with Crippen LogP contribution in [0.4, 0.5) is 0 Å². The number of aromatic nitrogens is 4. The Morgan fingerprint density at radius 2 is 2.05 bits per heavy atom. The van der Waals surface area contributed by atoms with Crippen LogP contribution in [0, 0.1) is 11.3 Å². The van der Waals surface area contributed by atoms with Crippen molar-refractivity contribution in [2.75, 3.05) is 0 Å². The Morgan fingerprint density at radius 3 is 2.95 bits per heavy atom. The number of nitrogens with zero attached hydrogens (tertiary/aromatic N) is 5. The Labute approximate surface area is 114 Å². The van der Waals surface area contributed by atoms with Gasteiger partial charge in [0.15, 0.2) is 5.65 Å². The van der Waals surface area contributed by atoms with E-state index in [1.165, 1.54) is 11.8 Å². The van der Waals surface area contributed by atoms with Gasteiger partial charge in [-0.25, -0.2) is 4.52 Å².